The lowest BCUT2D eigenvalue weighted by Crippen LogP contribution is -2.41. The van der Waals surface area contributed by atoms with Crippen LogP contribution in [-0.2, 0) is 11.8 Å². The van der Waals surface area contributed by atoms with Gasteiger partial charge in [0.15, 0.2) is 6.04 Å². The second-order valence-corrected chi connectivity index (χ2v) is 5.66. The summed E-state index contributed by atoms with van der Waals surface area (Å²) in [5.74, 6) is 0.00649. The van der Waals surface area contributed by atoms with E-state index in [1.54, 1.807) is 25.0 Å². The summed E-state index contributed by atoms with van der Waals surface area (Å²) in [5, 5.41) is 18.2. The first-order chi connectivity index (χ1) is 10.0. The van der Waals surface area contributed by atoms with Gasteiger partial charge in [-0.15, -0.1) is 0 Å². The van der Waals surface area contributed by atoms with Crippen LogP contribution in [0.5, 0.6) is 0 Å². The van der Waals surface area contributed by atoms with Gasteiger partial charge in [-0.2, -0.15) is 16.9 Å². The number of nitrogens with zero attached hydrogens (tertiary/aromatic N) is 2. The van der Waals surface area contributed by atoms with Gasteiger partial charge in [0.2, 0.25) is 0 Å². The third-order valence-electron chi connectivity index (χ3n) is 2.89. The maximum Gasteiger partial charge on any atom is 0.331 e. The van der Waals surface area contributed by atoms with Crippen LogP contribution >= 0.6 is 11.8 Å². The number of aliphatic carboxylic acids is 1. The molecule has 118 valence electrons. The van der Waals surface area contributed by atoms with Crippen LogP contribution in [0, 0.1) is 0 Å². The molecule has 2 amide bonds. The number of unbranched alkanes of at least 4 members (excludes halogenated alkanes) is 2. The molecule has 8 heteroatoms. The van der Waals surface area contributed by atoms with Gasteiger partial charge in [0.1, 0.15) is 0 Å². The van der Waals surface area contributed by atoms with Crippen molar-refractivity contribution < 1.29 is 14.7 Å². The minimum absolute atomic E-state index is 0.445. The molecule has 0 aliphatic rings. The molecule has 7 nitrogen and oxygen atoms in total. The minimum atomic E-state index is -1.11. The van der Waals surface area contributed by atoms with Crippen LogP contribution in [0.25, 0.3) is 0 Å². The molecule has 0 aliphatic carbocycles. The van der Waals surface area contributed by atoms with Crippen LogP contribution < -0.4 is 10.6 Å². The summed E-state index contributed by atoms with van der Waals surface area (Å²) in [7, 11) is 1.69. The van der Waals surface area contributed by atoms with Crippen molar-refractivity contribution >= 4 is 23.8 Å². The monoisotopic (exact) mass is 314 g/mol. The van der Waals surface area contributed by atoms with Crippen molar-refractivity contribution in [3.8, 4) is 0 Å². The number of aromatic nitrogens is 2. The van der Waals surface area contributed by atoms with Crippen molar-refractivity contribution in [2.75, 3.05) is 18.6 Å². The van der Waals surface area contributed by atoms with Gasteiger partial charge in [0.25, 0.3) is 0 Å². The van der Waals surface area contributed by atoms with E-state index < -0.39 is 18.0 Å². The highest BCUT2D eigenvalue weighted by molar-refractivity contribution is 7.98. The third-order valence-corrected chi connectivity index (χ3v) is 3.59. The SMILES string of the molecule is CSCCCCCNC(=O)NC(C(=O)O)c1cnn(C)c1. The van der Waals surface area contributed by atoms with Gasteiger partial charge in [-0.1, -0.05) is 6.42 Å². The van der Waals surface area contributed by atoms with Crippen LogP contribution in [0.4, 0.5) is 4.79 Å². The Morgan fingerprint density at radius 3 is 2.76 bits per heavy atom. The van der Waals surface area contributed by atoms with E-state index in [4.69, 9.17) is 0 Å². The van der Waals surface area contributed by atoms with E-state index in [1.165, 1.54) is 10.9 Å². The lowest BCUT2D eigenvalue weighted by molar-refractivity contribution is -0.139. The van der Waals surface area contributed by atoms with Crippen molar-refractivity contribution in [1.82, 2.24) is 20.4 Å². The summed E-state index contributed by atoms with van der Waals surface area (Å²) < 4.78 is 1.50. The van der Waals surface area contributed by atoms with E-state index in [1.807, 2.05) is 0 Å². The normalized spacial score (nSPS) is 11.9. The second kappa shape index (κ2) is 9.28. The van der Waals surface area contributed by atoms with E-state index in [9.17, 15) is 14.7 Å². The highest BCUT2D eigenvalue weighted by Crippen LogP contribution is 2.11. The van der Waals surface area contributed by atoms with Gasteiger partial charge in [0, 0.05) is 25.4 Å². The van der Waals surface area contributed by atoms with Crippen LogP contribution in [0.2, 0.25) is 0 Å². The van der Waals surface area contributed by atoms with Crippen molar-refractivity contribution in [3.63, 3.8) is 0 Å². The fourth-order valence-corrected chi connectivity index (χ4v) is 2.30. The molecule has 0 aliphatic heterocycles. The molecule has 1 aromatic heterocycles. The standard InChI is InChI=1S/C13H22N4O3S/c1-17-9-10(8-15-17)11(12(18)19)16-13(20)14-6-4-3-5-7-21-2/h8-9,11H,3-7H2,1-2H3,(H,18,19)(H2,14,16,20). The predicted molar refractivity (Wildman–Crippen MR) is 82.4 cm³/mol. The summed E-state index contributed by atoms with van der Waals surface area (Å²) in [5.41, 5.74) is 0.445. The largest absolute Gasteiger partial charge is 0.479 e. The molecular formula is C13H22N4O3S. The molecule has 1 aromatic rings. The van der Waals surface area contributed by atoms with E-state index >= 15 is 0 Å². The summed E-state index contributed by atoms with van der Waals surface area (Å²) >= 11 is 1.80. The van der Waals surface area contributed by atoms with Gasteiger partial charge in [-0.3, -0.25) is 4.68 Å². The Morgan fingerprint density at radius 2 is 2.19 bits per heavy atom. The molecule has 0 bridgehead atoms. The maximum atomic E-state index is 11.7. The van der Waals surface area contributed by atoms with Gasteiger partial charge in [-0.05, 0) is 24.9 Å². The number of carboxylic acids is 1. The molecule has 21 heavy (non-hydrogen) atoms. The zero-order chi connectivity index (χ0) is 15.7. The third kappa shape index (κ3) is 6.52. The minimum Gasteiger partial charge on any atom is -0.479 e. The van der Waals surface area contributed by atoms with Gasteiger partial charge in [-0.25, -0.2) is 9.59 Å². The number of carbonyl (C=O) groups is 2. The topological polar surface area (TPSA) is 96.2 Å². The summed E-state index contributed by atoms with van der Waals surface area (Å²) in [6.45, 7) is 0.541. The van der Waals surface area contributed by atoms with E-state index in [-0.39, 0.29) is 0 Å². The lowest BCUT2D eigenvalue weighted by atomic mass is 10.1. The highest BCUT2D eigenvalue weighted by Gasteiger charge is 2.23. The molecule has 0 aromatic carbocycles. The second-order valence-electron chi connectivity index (χ2n) is 4.67. The molecule has 1 heterocycles. The summed E-state index contributed by atoms with van der Waals surface area (Å²) in [4.78, 5) is 22.9. The van der Waals surface area contributed by atoms with Gasteiger partial charge < -0.3 is 15.7 Å². The number of hydrogen-bond acceptors (Lipinski definition) is 4. The quantitative estimate of drug-likeness (QED) is 0.598. The molecule has 0 saturated heterocycles. The maximum absolute atomic E-state index is 11.7. The van der Waals surface area contributed by atoms with Crippen molar-refractivity contribution in [1.29, 1.82) is 0 Å². The molecule has 1 rings (SSSR count). The van der Waals surface area contributed by atoms with E-state index in [2.05, 4.69) is 22.0 Å². The van der Waals surface area contributed by atoms with Crippen LogP contribution in [0.1, 0.15) is 30.9 Å². The molecule has 0 fully saturated rings. The Balaban J connectivity index is 2.35. The number of urea groups is 1. The number of carbonyl (C=O) groups excluding carboxylic acids is 1. The Bertz CT molecular complexity index is 464. The summed E-state index contributed by atoms with van der Waals surface area (Å²) in [6.07, 6.45) is 8.13. The van der Waals surface area contributed by atoms with Crippen LogP contribution in [-0.4, -0.2) is 45.4 Å². The summed E-state index contributed by atoms with van der Waals surface area (Å²) in [6, 6.07) is -1.56. The predicted octanol–water partition coefficient (Wildman–Crippen LogP) is 1.38. The van der Waals surface area contributed by atoms with Crippen LogP contribution in [0.3, 0.4) is 0 Å². The first-order valence-electron chi connectivity index (χ1n) is 6.79. The van der Waals surface area contributed by atoms with E-state index in [0.29, 0.717) is 12.1 Å². The Labute approximate surface area is 128 Å². The van der Waals surface area contributed by atoms with Crippen molar-refractivity contribution in [3.05, 3.63) is 18.0 Å². The van der Waals surface area contributed by atoms with E-state index in [0.717, 1.165) is 25.0 Å². The van der Waals surface area contributed by atoms with Crippen LogP contribution in [0.15, 0.2) is 12.4 Å². The first-order valence-corrected chi connectivity index (χ1v) is 8.18. The Hall–Kier alpha value is -1.70. The van der Waals surface area contributed by atoms with Gasteiger partial charge >= 0.3 is 12.0 Å². The number of rotatable bonds is 9. The average Bonchev–Trinajstić information content (AvgIpc) is 2.86. The molecule has 3 N–H and O–H groups in total. The zero-order valence-corrected chi connectivity index (χ0v) is 13.2. The molecule has 0 saturated carbocycles. The lowest BCUT2D eigenvalue weighted by Gasteiger charge is -2.13. The van der Waals surface area contributed by atoms with Gasteiger partial charge in [0.05, 0.1) is 6.20 Å². The number of aryl methyl sites for hydroxylation is 1. The van der Waals surface area contributed by atoms with Crippen molar-refractivity contribution in [2.24, 2.45) is 7.05 Å². The molecule has 1 atom stereocenters. The number of carboxylic acid groups (broad SMARTS) is 1. The first kappa shape index (κ1) is 17.4. The highest BCUT2D eigenvalue weighted by atomic mass is 32.2. The zero-order valence-electron chi connectivity index (χ0n) is 12.3. The number of nitrogens with one attached hydrogen (secondary N) is 2. The molecular weight excluding hydrogens is 292 g/mol. The fraction of sp³-hybridized carbons (Fsp3) is 0.615. The van der Waals surface area contributed by atoms with Crippen molar-refractivity contribution in [2.45, 2.75) is 25.3 Å². The smallest absolute Gasteiger partial charge is 0.331 e. The molecule has 0 radical (unpaired) electrons. The Kier molecular flexibility index (Phi) is 7.66. The number of thioether (sulfide) groups is 1. The number of amides is 2. The molecule has 0 spiro atoms. The Morgan fingerprint density at radius 1 is 1.43 bits per heavy atom. The average molecular weight is 314 g/mol. The fourth-order valence-electron chi connectivity index (χ4n) is 1.81. The molecule has 1 unspecified atom stereocenters. The number of hydrogen-bond donors (Lipinski definition) is 3.